The SMILES string of the molecule is Cc1oc(-c2ccccc2)nc1COc1ccc(N(C)S(=O)(=O)c2ccccc2)cc1. The van der Waals surface area contributed by atoms with Gasteiger partial charge in [0.1, 0.15) is 23.8 Å². The van der Waals surface area contributed by atoms with Crippen LogP contribution in [0.3, 0.4) is 0 Å². The van der Waals surface area contributed by atoms with Gasteiger partial charge in [0.15, 0.2) is 0 Å². The summed E-state index contributed by atoms with van der Waals surface area (Å²) >= 11 is 0. The van der Waals surface area contributed by atoms with Gasteiger partial charge in [-0.15, -0.1) is 0 Å². The van der Waals surface area contributed by atoms with Gasteiger partial charge in [-0.05, 0) is 55.5 Å². The summed E-state index contributed by atoms with van der Waals surface area (Å²) in [6.45, 7) is 2.10. The number of benzene rings is 3. The Morgan fingerprint density at radius 2 is 1.52 bits per heavy atom. The quantitative estimate of drug-likeness (QED) is 0.407. The predicted octanol–water partition coefficient (Wildman–Crippen LogP) is 5.05. The lowest BCUT2D eigenvalue weighted by Gasteiger charge is -2.19. The summed E-state index contributed by atoms with van der Waals surface area (Å²) in [7, 11) is -2.09. The summed E-state index contributed by atoms with van der Waals surface area (Å²) in [6.07, 6.45) is 0. The van der Waals surface area contributed by atoms with Crippen LogP contribution in [0.25, 0.3) is 11.5 Å². The van der Waals surface area contributed by atoms with E-state index in [1.54, 1.807) is 54.6 Å². The van der Waals surface area contributed by atoms with Crippen molar-refractivity contribution in [3.63, 3.8) is 0 Å². The van der Waals surface area contributed by atoms with Crippen molar-refractivity contribution in [3.8, 4) is 17.2 Å². The van der Waals surface area contributed by atoms with Crippen molar-refractivity contribution >= 4 is 15.7 Å². The van der Waals surface area contributed by atoms with Crippen molar-refractivity contribution in [3.05, 3.63) is 96.4 Å². The number of sulfonamides is 1. The van der Waals surface area contributed by atoms with Crippen LogP contribution in [0.2, 0.25) is 0 Å². The topological polar surface area (TPSA) is 72.6 Å². The molecule has 0 amide bonds. The van der Waals surface area contributed by atoms with E-state index in [9.17, 15) is 8.42 Å². The largest absolute Gasteiger partial charge is 0.487 e. The molecular formula is C24H22N2O4S. The monoisotopic (exact) mass is 434 g/mol. The summed E-state index contributed by atoms with van der Waals surface area (Å²) < 4.78 is 38.4. The van der Waals surface area contributed by atoms with Gasteiger partial charge in [-0.1, -0.05) is 36.4 Å². The number of hydrogen-bond acceptors (Lipinski definition) is 5. The number of oxazole rings is 1. The van der Waals surface area contributed by atoms with Crippen LogP contribution in [0.4, 0.5) is 5.69 Å². The molecule has 6 nitrogen and oxygen atoms in total. The molecule has 1 heterocycles. The third kappa shape index (κ3) is 4.46. The van der Waals surface area contributed by atoms with Crippen LogP contribution in [-0.2, 0) is 16.6 Å². The van der Waals surface area contributed by atoms with Gasteiger partial charge in [-0.25, -0.2) is 13.4 Å². The fourth-order valence-corrected chi connectivity index (χ4v) is 4.28. The Bertz CT molecular complexity index is 1250. The van der Waals surface area contributed by atoms with Gasteiger partial charge in [-0.2, -0.15) is 0 Å². The van der Waals surface area contributed by atoms with E-state index >= 15 is 0 Å². The van der Waals surface area contributed by atoms with Gasteiger partial charge in [0.2, 0.25) is 5.89 Å². The third-order valence-electron chi connectivity index (χ3n) is 4.89. The molecule has 0 spiro atoms. The average molecular weight is 435 g/mol. The lowest BCUT2D eigenvalue weighted by molar-refractivity contribution is 0.299. The molecule has 7 heteroatoms. The van der Waals surface area contributed by atoms with Gasteiger partial charge in [0, 0.05) is 12.6 Å². The molecule has 0 saturated heterocycles. The summed E-state index contributed by atoms with van der Waals surface area (Å²) in [5.41, 5.74) is 2.16. The predicted molar refractivity (Wildman–Crippen MR) is 119 cm³/mol. The second-order valence-corrected chi connectivity index (χ2v) is 8.93. The normalized spacial score (nSPS) is 11.3. The van der Waals surface area contributed by atoms with Crippen molar-refractivity contribution in [2.75, 3.05) is 11.4 Å². The van der Waals surface area contributed by atoms with Crippen LogP contribution in [0, 0.1) is 6.92 Å². The summed E-state index contributed by atoms with van der Waals surface area (Å²) in [4.78, 5) is 4.77. The molecule has 158 valence electrons. The number of aryl methyl sites for hydroxylation is 1. The highest BCUT2D eigenvalue weighted by Crippen LogP contribution is 2.26. The van der Waals surface area contributed by atoms with Gasteiger partial charge in [0.05, 0.1) is 10.6 Å². The van der Waals surface area contributed by atoms with Crippen molar-refractivity contribution < 1.29 is 17.6 Å². The van der Waals surface area contributed by atoms with Crippen LogP contribution >= 0.6 is 0 Å². The van der Waals surface area contributed by atoms with Gasteiger partial charge in [-0.3, -0.25) is 4.31 Å². The highest BCUT2D eigenvalue weighted by Gasteiger charge is 2.21. The standard InChI is InChI=1S/C24H22N2O4S/c1-18-23(25-24(30-18)19-9-5-3-6-10-19)17-29-21-15-13-20(14-16-21)26(2)31(27,28)22-11-7-4-8-12-22/h3-16H,17H2,1-2H3. The molecule has 0 aliphatic rings. The fraction of sp³-hybridized carbons (Fsp3) is 0.125. The first-order chi connectivity index (χ1) is 14.9. The number of nitrogens with zero attached hydrogens (tertiary/aromatic N) is 2. The Labute approximate surface area is 181 Å². The first kappa shape index (κ1) is 20.7. The number of ether oxygens (including phenoxy) is 1. The van der Waals surface area contributed by atoms with E-state index in [-0.39, 0.29) is 11.5 Å². The first-order valence-corrected chi connectivity index (χ1v) is 11.2. The van der Waals surface area contributed by atoms with Crippen LogP contribution in [-0.4, -0.2) is 20.4 Å². The Morgan fingerprint density at radius 1 is 0.903 bits per heavy atom. The summed E-state index contributed by atoms with van der Waals surface area (Å²) in [5.74, 6) is 1.86. The molecule has 0 fully saturated rings. The third-order valence-corrected chi connectivity index (χ3v) is 6.69. The lowest BCUT2D eigenvalue weighted by atomic mass is 10.2. The Kier molecular flexibility index (Phi) is 5.77. The van der Waals surface area contributed by atoms with Crippen molar-refractivity contribution in [1.82, 2.24) is 4.98 Å². The van der Waals surface area contributed by atoms with E-state index in [1.807, 2.05) is 37.3 Å². The minimum absolute atomic E-state index is 0.244. The number of rotatable bonds is 7. The lowest BCUT2D eigenvalue weighted by Crippen LogP contribution is -2.26. The Morgan fingerprint density at radius 3 is 2.16 bits per heavy atom. The molecule has 0 radical (unpaired) electrons. The molecule has 0 saturated carbocycles. The van der Waals surface area contributed by atoms with E-state index in [2.05, 4.69) is 4.98 Å². The van der Waals surface area contributed by atoms with Crippen molar-refractivity contribution in [2.24, 2.45) is 0 Å². The molecule has 0 aliphatic carbocycles. The molecular weight excluding hydrogens is 412 g/mol. The van der Waals surface area contributed by atoms with Gasteiger partial charge >= 0.3 is 0 Å². The van der Waals surface area contributed by atoms with Crippen LogP contribution in [0.5, 0.6) is 5.75 Å². The maximum Gasteiger partial charge on any atom is 0.264 e. The van der Waals surface area contributed by atoms with Crippen molar-refractivity contribution in [1.29, 1.82) is 0 Å². The maximum absolute atomic E-state index is 12.8. The van der Waals surface area contributed by atoms with Crippen LogP contribution in [0.1, 0.15) is 11.5 Å². The minimum Gasteiger partial charge on any atom is -0.487 e. The zero-order valence-corrected chi connectivity index (χ0v) is 18.0. The van der Waals surface area contributed by atoms with E-state index in [1.165, 1.54) is 11.4 Å². The second-order valence-electron chi connectivity index (χ2n) is 6.96. The second kappa shape index (κ2) is 8.65. The highest BCUT2D eigenvalue weighted by molar-refractivity contribution is 7.92. The van der Waals surface area contributed by atoms with E-state index in [0.29, 0.717) is 28.8 Å². The zero-order valence-electron chi connectivity index (χ0n) is 17.2. The van der Waals surface area contributed by atoms with E-state index in [4.69, 9.17) is 9.15 Å². The average Bonchev–Trinajstić information content (AvgIpc) is 3.19. The highest BCUT2D eigenvalue weighted by atomic mass is 32.2. The molecule has 3 aromatic carbocycles. The van der Waals surface area contributed by atoms with Gasteiger partial charge < -0.3 is 9.15 Å². The molecule has 4 aromatic rings. The van der Waals surface area contributed by atoms with E-state index < -0.39 is 10.0 Å². The molecule has 0 bridgehead atoms. The smallest absolute Gasteiger partial charge is 0.264 e. The molecule has 0 aliphatic heterocycles. The van der Waals surface area contributed by atoms with Gasteiger partial charge in [0.25, 0.3) is 10.0 Å². The number of hydrogen-bond donors (Lipinski definition) is 0. The molecule has 0 unspecified atom stereocenters. The van der Waals surface area contributed by atoms with E-state index in [0.717, 1.165) is 5.56 Å². The van der Waals surface area contributed by atoms with Crippen LogP contribution in [0.15, 0.2) is 94.2 Å². The molecule has 31 heavy (non-hydrogen) atoms. The molecule has 0 atom stereocenters. The summed E-state index contributed by atoms with van der Waals surface area (Å²) in [6, 6.07) is 24.9. The molecule has 1 aromatic heterocycles. The molecule has 4 rings (SSSR count). The van der Waals surface area contributed by atoms with Crippen LogP contribution < -0.4 is 9.04 Å². The fourth-order valence-electron chi connectivity index (χ4n) is 3.06. The first-order valence-electron chi connectivity index (χ1n) is 9.74. The maximum atomic E-state index is 12.8. The minimum atomic E-state index is -3.62. The number of aromatic nitrogens is 1. The summed E-state index contributed by atoms with van der Waals surface area (Å²) in [5, 5.41) is 0. The molecule has 0 N–H and O–H groups in total. The Hall–Kier alpha value is -3.58. The number of anilines is 1. The van der Waals surface area contributed by atoms with Crippen molar-refractivity contribution in [2.45, 2.75) is 18.4 Å². The Balaban J connectivity index is 1.44. The zero-order chi connectivity index (χ0) is 21.8.